The lowest BCUT2D eigenvalue weighted by Crippen LogP contribution is -1.89. The predicted octanol–water partition coefficient (Wildman–Crippen LogP) is 3.05. The second-order valence-corrected chi connectivity index (χ2v) is 2.68. The van der Waals surface area contributed by atoms with Gasteiger partial charge in [0.15, 0.2) is 0 Å². The molecule has 0 saturated carbocycles. The quantitative estimate of drug-likeness (QED) is 0.393. The minimum atomic E-state index is 0. The first kappa shape index (κ1) is 13.6. The van der Waals surface area contributed by atoms with Gasteiger partial charge in [-0.3, -0.25) is 0 Å². The molecule has 0 aliphatic heterocycles. The average molecular weight is 188 g/mol. The Morgan fingerprint density at radius 2 is 1.91 bits per heavy atom. The fraction of sp³-hybridized carbons (Fsp3) is 0.333. The molecule has 0 rings (SSSR count). The molecule has 0 aliphatic carbocycles. The molecule has 0 aromatic rings. The summed E-state index contributed by atoms with van der Waals surface area (Å²) >= 11 is 4.18. The summed E-state index contributed by atoms with van der Waals surface area (Å²) in [6.45, 7) is 11.6. The minimum Gasteiger partial charge on any atom is -0.175 e. The molecule has 11 heavy (non-hydrogen) atoms. The van der Waals surface area contributed by atoms with Gasteiger partial charge in [-0.05, 0) is 25.0 Å². The van der Waals surface area contributed by atoms with E-state index < -0.39 is 0 Å². The van der Waals surface area contributed by atoms with Crippen LogP contribution in [0, 0.1) is 0 Å². The summed E-state index contributed by atoms with van der Waals surface area (Å²) in [4.78, 5) is 0. The molecular formula is C9H17PS. The van der Waals surface area contributed by atoms with Gasteiger partial charge in [-0.15, -0.1) is 0 Å². The van der Waals surface area contributed by atoms with E-state index in [2.05, 4.69) is 39.6 Å². The zero-order chi connectivity index (χ0) is 8.15. The van der Waals surface area contributed by atoms with E-state index in [1.165, 1.54) is 11.1 Å². The molecule has 0 aromatic carbocycles. The maximum atomic E-state index is 4.18. The van der Waals surface area contributed by atoms with E-state index in [0.29, 0.717) is 0 Å². The molecule has 0 fully saturated rings. The Balaban J connectivity index is 0. The summed E-state index contributed by atoms with van der Waals surface area (Å²) in [5, 5.41) is 0. The normalized spacial score (nSPS) is 7.91. The third-order valence-electron chi connectivity index (χ3n) is 1.40. The SMILES string of the molecule is C=CC(=C)C(CS)=C(C)C.P. The zero-order valence-corrected chi connectivity index (χ0v) is 9.66. The van der Waals surface area contributed by atoms with E-state index >= 15 is 0 Å². The second-order valence-electron chi connectivity index (χ2n) is 2.37. The van der Waals surface area contributed by atoms with Crippen molar-refractivity contribution in [1.82, 2.24) is 0 Å². The van der Waals surface area contributed by atoms with Gasteiger partial charge in [-0.25, -0.2) is 0 Å². The summed E-state index contributed by atoms with van der Waals surface area (Å²) < 4.78 is 0. The van der Waals surface area contributed by atoms with Crippen LogP contribution >= 0.6 is 22.5 Å². The van der Waals surface area contributed by atoms with Crippen LogP contribution in [-0.2, 0) is 0 Å². The number of rotatable bonds is 3. The molecule has 0 bridgehead atoms. The highest BCUT2D eigenvalue weighted by Gasteiger charge is 1.97. The van der Waals surface area contributed by atoms with Crippen LogP contribution in [0.5, 0.6) is 0 Å². The van der Waals surface area contributed by atoms with Crippen molar-refractivity contribution >= 4 is 22.5 Å². The van der Waals surface area contributed by atoms with Gasteiger partial charge in [0.05, 0.1) is 0 Å². The lowest BCUT2D eigenvalue weighted by molar-refractivity contribution is 1.28. The van der Waals surface area contributed by atoms with Gasteiger partial charge < -0.3 is 0 Å². The van der Waals surface area contributed by atoms with E-state index in [0.717, 1.165) is 11.3 Å². The molecule has 0 nitrogen and oxygen atoms in total. The summed E-state index contributed by atoms with van der Waals surface area (Å²) in [6.07, 6.45) is 1.76. The van der Waals surface area contributed by atoms with E-state index in [1.54, 1.807) is 6.08 Å². The topological polar surface area (TPSA) is 0 Å². The second kappa shape index (κ2) is 6.69. The molecular weight excluding hydrogens is 171 g/mol. The Morgan fingerprint density at radius 3 is 2.00 bits per heavy atom. The number of hydrogen-bond acceptors (Lipinski definition) is 1. The summed E-state index contributed by atoms with van der Waals surface area (Å²) in [5.74, 6) is 0.743. The minimum absolute atomic E-state index is 0. The Hall–Kier alpha value is -0.0000000000000000555. The van der Waals surface area contributed by atoms with Gasteiger partial charge in [0.2, 0.25) is 0 Å². The molecule has 0 radical (unpaired) electrons. The van der Waals surface area contributed by atoms with Crippen molar-refractivity contribution in [3.05, 3.63) is 36.0 Å². The Bertz CT molecular complexity index is 173. The van der Waals surface area contributed by atoms with Crippen molar-refractivity contribution in [2.75, 3.05) is 5.75 Å². The largest absolute Gasteiger partial charge is 0.175 e. The van der Waals surface area contributed by atoms with Gasteiger partial charge in [0, 0.05) is 5.75 Å². The highest BCUT2D eigenvalue weighted by molar-refractivity contribution is 7.80. The van der Waals surface area contributed by atoms with Crippen molar-refractivity contribution in [2.24, 2.45) is 0 Å². The van der Waals surface area contributed by atoms with Crippen molar-refractivity contribution < 1.29 is 0 Å². The lowest BCUT2D eigenvalue weighted by Gasteiger charge is -2.04. The average Bonchev–Trinajstić information content (AvgIpc) is 1.88. The van der Waals surface area contributed by atoms with Crippen LogP contribution < -0.4 is 0 Å². The number of allylic oxidation sites excluding steroid dienone is 3. The summed E-state index contributed by atoms with van der Waals surface area (Å²) in [7, 11) is 0. The standard InChI is InChI=1S/C9H14S.H3P/c1-5-8(4)9(6-10)7(2)3;/h5,10H,1,4,6H2,2-3H3;1H3. The molecule has 1 atom stereocenters. The highest BCUT2D eigenvalue weighted by atomic mass is 32.1. The van der Waals surface area contributed by atoms with Gasteiger partial charge in [0.1, 0.15) is 0 Å². The Morgan fingerprint density at radius 1 is 1.45 bits per heavy atom. The van der Waals surface area contributed by atoms with Crippen LogP contribution in [0.2, 0.25) is 0 Å². The molecule has 1 unspecified atom stereocenters. The molecule has 0 spiro atoms. The van der Waals surface area contributed by atoms with Crippen molar-refractivity contribution in [3.63, 3.8) is 0 Å². The fourth-order valence-electron chi connectivity index (χ4n) is 0.704. The van der Waals surface area contributed by atoms with Gasteiger partial charge >= 0.3 is 0 Å². The first-order valence-corrected chi connectivity index (χ1v) is 3.85. The van der Waals surface area contributed by atoms with Crippen molar-refractivity contribution in [3.8, 4) is 0 Å². The van der Waals surface area contributed by atoms with Crippen LogP contribution in [0.1, 0.15) is 13.8 Å². The van der Waals surface area contributed by atoms with E-state index in [9.17, 15) is 0 Å². The molecule has 0 heterocycles. The van der Waals surface area contributed by atoms with E-state index in [1.807, 2.05) is 0 Å². The van der Waals surface area contributed by atoms with Gasteiger partial charge in [-0.1, -0.05) is 24.8 Å². The fourth-order valence-corrected chi connectivity index (χ4v) is 1.22. The van der Waals surface area contributed by atoms with Crippen LogP contribution in [0.3, 0.4) is 0 Å². The van der Waals surface area contributed by atoms with E-state index in [-0.39, 0.29) is 9.90 Å². The predicted molar refractivity (Wildman–Crippen MR) is 62.7 cm³/mol. The molecule has 64 valence electrons. The molecule has 0 aliphatic rings. The van der Waals surface area contributed by atoms with Crippen LogP contribution in [-0.4, -0.2) is 5.75 Å². The Kier molecular flexibility index (Phi) is 8.26. The van der Waals surface area contributed by atoms with Crippen LogP contribution in [0.15, 0.2) is 36.0 Å². The first-order valence-electron chi connectivity index (χ1n) is 3.22. The summed E-state index contributed by atoms with van der Waals surface area (Å²) in [6, 6.07) is 0. The first-order chi connectivity index (χ1) is 4.63. The highest BCUT2D eigenvalue weighted by Crippen LogP contribution is 2.14. The maximum Gasteiger partial charge on any atom is 0.0159 e. The molecule has 0 aromatic heterocycles. The number of hydrogen-bond donors (Lipinski definition) is 1. The van der Waals surface area contributed by atoms with Gasteiger partial charge in [-0.2, -0.15) is 22.5 Å². The van der Waals surface area contributed by atoms with Crippen LogP contribution in [0.4, 0.5) is 0 Å². The lowest BCUT2D eigenvalue weighted by atomic mass is 10.1. The van der Waals surface area contributed by atoms with E-state index in [4.69, 9.17) is 0 Å². The Labute approximate surface area is 78.5 Å². The molecule has 0 amide bonds. The van der Waals surface area contributed by atoms with Crippen LogP contribution in [0.25, 0.3) is 0 Å². The van der Waals surface area contributed by atoms with Crippen molar-refractivity contribution in [2.45, 2.75) is 13.8 Å². The third-order valence-corrected chi connectivity index (χ3v) is 1.71. The zero-order valence-electron chi connectivity index (χ0n) is 7.35. The van der Waals surface area contributed by atoms with Gasteiger partial charge in [0.25, 0.3) is 0 Å². The van der Waals surface area contributed by atoms with Crippen molar-refractivity contribution in [1.29, 1.82) is 0 Å². The monoisotopic (exact) mass is 188 g/mol. The third kappa shape index (κ3) is 4.44. The number of thiol groups is 1. The maximum absolute atomic E-state index is 4.18. The molecule has 2 heteroatoms. The smallest absolute Gasteiger partial charge is 0.0159 e. The molecule has 0 saturated heterocycles. The molecule has 0 N–H and O–H groups in total. The summed E-state index contributed by atoms with van der Waals surface area (Å²) in [5.41, 5.74) is 3.44.